The van der Waals surface area contributed by atoms with E-state index in [-0.39, 0.29) is 19.1 Å². The third kappa shape index (κ3) is 4.80. The van der Waals surface area contributed by atoms with Crippen molar-refractivity contribution in [2.45, 2.75) is 58.2 Å². The molecular formula is C19H24N4O8. The van der Waals surface area contributed by atoms with Gasteiger partial charge in [-0.1, -0.05) is 6.92 Å². The maximum Gasteiger partial charge on any atom is 0.303 e. The Morgan fingerprint density at radius 1 is 1.10 bits per heavy atom. The van der Waals surface area contributed by atoms with Crippen LogP contribution in [0.3, 0.4) is 0 Å². The first-order valence-electron chi connectivity index (χ1n) is 9.64. The van der Waals surface area contributed by atoms with Crippen molar-refractivity contribution in [2.75, 3.05) is 13.2 Å². The third-order valence-electron chi connectivity index (χ3n) is 4.74. The molecule has 1 N–H and O–H groups in total. The maximum absolute atomic E-state index is 11.8. The molecule has 1 saturated heterocycles. The van der Waals surface area contributed by atoms with E-state index in [9.17, 15) is 19.5 Å². The van der Waals surface area contributed by atoms with Crippen molar-refractivity contribution in [3.63, 3.8) is 0 Å². The number of hydrogen-bond acceptors (Lipinski definition) is 11. The summed E-state index contributed by atoms with van der Waals surface area (Å²) in [6.07, 6.45) is -1.16. The van der Waals surface area contributed by atoms with Crippen molar-refractivity contribution >= 4 is 29.1 Å². The minimum atomic E-state index is -1.05. The van der Waals surface area contributed by atoms with Gasteiger partial charge in [-0.3, -0.25) is 19.0 Å². The summed E-state index contributed by atoms with van der Waals surface area (Å²) in [4.78, 5) is 47.5. The summed E-state index contributed by atoms with van der Waals surface area (Å²) in [5.74, 6) is -2.05. The number of fused-ring (bicyclic) bond motifs is 1. The molecule has 5 atom stereocenters. The molecule has 0 radical (unpaired) electrons. The summed E-state index contributed by atoms with van der Waals surface area (Å²) in [5.41, 5.74) is 1.37. The van der Waals surface area contributed by atoms with Gasteiger partial charge in [-0.15, -0.1) is 0 Å². The Bertz CT molecular complexity index is 977. The highest BCUT2D eigenvalue weighted by molar-refractivity contribution is 5.74. The Hall–Kier alpha value is -3.12. The molecule has 2 aromatic rings. The van der Waals surface area contributed by atoms with Gasteiger partial charge < -0.3 is 24.1 Å². The molecule has 2 aromatic heterocycles. The summed E-state index contributed by atoms with van der Waals surface area (Å²) < 4.78 is 23.4. The van der Waals surface area contributed by atoms with Gasteiger partial charge in [-0.05, 0) is 0 Å². The first kappa shape index (κ1) is 22.6. The molecule has 1 unspecified atom stereocenters. The average Bonchev–Trinajstić information content (AvgIpc) is 3.27. The number of imidazole rings is 1. The van der Waals surface area contributed by atoms with Crippen molar-refractivity contribution in [2.24, 2.45) is 0 Å². The summed E-state index contributed by atoms with van der Waals surface area (Å²) >= 11 is 0. The Labute approximate surface area is 177 Å². The van der Waals surface area contributed by atoms with Crippen LogP contribution >= 0.6 is 0 Å². The molecule has 31 heavy (non-hydrogen) atoms. The lowest BCUT2D eigenvalue weighted by atomic mass is 10.1. The standard InChI is InChI=1S/C19H24N4O8/c1-9(5-24)14-15-18(21-7-20-14)23(8-22-15)19-17(30-12(4)27)16(29-11(3)26)13(31-19)6-28-10(2)25/h7-9,13,16-17,19,24H,5-6H2,1-4H3/t9?,13-,16-,17-,19-/m1/s1. The Kier molecular flexibility index (Phi) is 6.81. The van der Waals surface area contributed by atoms with Crippen molar-refractivity contribution in [3.05, 3.63) is 18.3 Å². The molecule has 12 heteroatoms. The topological polar surface area (TPSA) is 152 Å². The first-order valence-corrected chi connectivity index (χ1v) is 9.64. The van der Waals surface area contributed by atoms with Gasteiger partial charge in [-0.25, -0.2) is 15.0 Å². The molecular weight excluding hydrogens is 412 g/mol. The van der Waals surface area contributed by atoms with E-state index in [1.54, 1.807) is 6.92 Å². The van der Waals surface area contributed by atoms with Gasteiger partial charge in [0.2, 0.25) is 0 Å². The van der Waals surface area contributed by atoms with Gasteiger partial charge in [0, 0.05) is 26.7 Å². The van der Waals surface area contributed by atoms with Crippen LogP contribution < -0.4 is 0 Å². The molecule has 0 spiro atoms. The van der Waals surface area contributed by atoms with Crippen LogP contribution in [0.15, 0.2) is 12.7 Å². The number of aliphatic hydroxyl groups excluding tert-OH is 1. The number of ether oxygens (including phenoxy) is 4. The predicted octanol–water partition coefficient (Wildman–Crippen LogP) is 0.246. The molecule has 3 rings (SSSR count). The minimum absolute atomic E-state index is 0.131. The van der Waals surface area contributed by atoms with Crippen molar-refractivity contribution < 1.29 is 38.4 Å². The van der Waals surface area contributed by atoms with Gasteiger partial charge in [0.15, 0.2) is 24.1 Å². The van der Waals surface area contributed by atoms with Crippen LogP contribution in [0.2, 0.25) is 0 Å². The van der Waals surface area contributed by atoms with Gasteiger partial charge in [0.25, 0.3) is 0 Å². The van der Waals surface area contributed by atoms with Crippen LogP contribution in [0.25, 0.3) is 11.2 Å². The molecule has 0 amide bonds. The number of esters is 3. The van der Waals surface area contributed by atoms with Gasteiger partial charge in [-0.2, -0.15) is 0 Å². The number of hydrogen-bond donors (Lipinski definition) is 1. The van der Waals surface area contributed by atoms with Gasteiger partial charge >= 0.3 is 17.9 Å². The molecule has 1 aliphatic rings. The van der Waals surface area contributed by atoms with Crippen molar-refractivity contribution in [1.82, 2.24) is 19.5 Å². The molecule has 0 aliphatic carbocycles. The lowest BCUT2D eigenvalue weighted by Gasteiger charge is -2.23. The van der Waals surface area contributed by atoms with Crippen molar-refractivity contribution in [3.8, 4) is 0 Å². The fraction of sp³-hybridized carbons (Fsp3) is 0.579. The van der Waals surface area contributed by atoms with Gasteiger partial charge in [0.1, 0.15) is 24.6 Å². The quantitative estimate of drug-likeness (QED) is 0.469. The summed E-state index contributed by atoms with van der Waals surface area (Å²) in [6.45, 7) is 5.12. The smallest absolute Gasteiger partial charge is 0.303 e. The van der Waals surface area contributed by atoms with E-state index in [2.05, 4.69) is 15.0 Å². The second kappa shape index (κ2) is 9.35. The fourth-order valence-corrected chi connectivity index (χ4v) is 3.42. The maximum atomic E-state index is 11.8. The van der Waals surface area contributed by atoms with Crippen LogP contribution in [-0.4, -0.2) is 74.1 Å². The molecule has 168 valence electrons. The molecule has 1 fully saturated rings. The largest absolute Gasteiger partial charge is 0.463 e. The van der Waals surface area contributed by atoms with Gasteiger partial charge in [0.05, 0.1) is 18.6 Å². The Balaban J connectivity index is 2.03. The van der Waals surface area contributed by atoms with E-state index in [1.165, 1.54) is 38.0 Å². The monoisotopic (exact) mass is 436 g/mol. The van der Waals surface area contributed by atoms with E-state index in [4.69, 9.17) is 18.9 Å². The average molecular weight is 436 g/mol. The van der Waals surface area contributed by atoms with E-state index in [0.29, 0.717) is 16.9 Å². The number of aromatic nitrogens is 4. The van der Waals surface area contributed by atoms with E-state index >= 15 is 0 Å². The zero-order valence-electron chi connectivity index (χ0n) is 17.5. The molecule has 0 aromatic carbocycles. The summed E-state index contributed by atoms with van der Waals surface area (Å²) in [6, 6.07) is 0. The van der Waals surface area contributed by atoms with Crippen LogP contribution in [0.4, 0.5) is 0 Å². The molecule has 12 nitrogen and oxygen atoms in total. The van der Waals surface area contributed by atoms with Crippen LogP contribution in [0.5, 0.6) is 0 Å². The van der Waals surface area contributed by atoms with Crippen molar-refractivity contribution in [1.29, 1.82) is 0 Å². The van der Waals surface area contributed by atoms with Crippen LogP contribution in [0.1, 0.15) is 45.5 Å². The Morgan fingerprint density at radius 3 is 2.39 bits per heavy atom. The van der Waals surface area contributed by atoms with E-state index in [1.807, 2.05) is 0 Å². The highest BCUT2D eigenvalue weighted by atomic mass is 16.7. The summed E-state index contributed by atoms with van der Waals surface area (Å²) in [7, 11) is 0. The number of nitrogens with zero attached hydrogens (tertiary/aromatic N) is 4. The molecule has 3 heterocycles. The predicted molar refractivity (Wildman–Crippen MR) is 102 cm³/mol. The SMILES string of the molecule is CC(=O)OC[C@H]1O[C@@H](n2cnc3c(C(C)CO)ncnc32)[C@H](OC(C)=O)[C@@H]1OC(C)=O. The number of carbonyl (C=O) groups is 3. The summed E-state index contributed by atoms with van der Waals surface area (Å²) in [5, 5.41) is 9.50. The number of rotatable bonds is 7. The normalized spacial score (nSPS) is 24.0. The minimum Gasteiger partial charge on any atom is -0.463 e. The highest BCUT2D eigenvalue weighted by Gasteiger charge is 2.51. The van der Waals surface area contributed by atoms with E-state index < -0.39 is 42.4 Å². The number of aliphatic hydroxyl groups is 1. The van der Waals surface area contributed by atoms with Crippen LogP contribution in [-0.2, 0) is 33.3 Å². The Morgan fingerprint density at radius 2 is 1.77 bits per heavy atom. The molecule has 0 saturated carbocycles. The first-order chi connectivity index (χ1) is 14.7. The third-order valence-corrected chi connectivity index (χ3v) is 4.74. The zero-order chi connectivity index (χ0) is 22.7. The second-order valence-electron chi connectivity index (χ2n) is 7.18. The molecule has 0 bridgehead atoms. The lowest BCUT2D eigenvalue weighted by Crippen LogP contribution is -2.40. The lowest BCUT2D eigenvalue weighted by molar-refractivity contribution is -0.166. The zero-order valence-corrected chi connectivity index (χ0v) is 17.5. The number of carbonyl (C=O) groups excluding carboxylic acids is 3. The van der Waals surface area contributed by atoms with Crippen LogP contribution in [0, 0.1) is 0 Å². The highest BCUT2D eigenvalue weighted by Crippen LogP contribution is 2.36. The second-order valence-corrected chi connectivity index (χ2v) is 7.18. The van der Waals surface area contributed by atoms with E-state index in [0.717, 1.165) is 0 Å². The fourth-order valence-electron chi connectivity index (χ4n) is 3.42. The molecule has 1 aliphatic heterocycles.